The predicted molar refractivity (Wildman–Crippen MR) is 73.2 cm³/mol. The van der Waals surface area contributed by atoms with Crippen molar-refractivity contribution < 1.29 is 4.79 Å². The number of aryl methyl sites for hydroxylation is 1. The van der Waals surface area contributed by atoms with E-state index in [-0.39, 0.29) is 5.91 Å². The Morgan fingerprint density at radius 3 is 2.78 bits per heavy atom. The first-order valence-electron chi connectivity index (χ1n) is 6.65. The molecule has 0 bridgehead atoms. The number of nitrogens with zero attached hydrogens (tertiary/aromatic N) is 1. The van der Waals surface area contributed by atoms with E-state index in [0.29, 0.717) is 6.54 Å². The van der Waals surface area contributed by atoms with Gasteiger partial charge in [-0.1, -0.05) is 24.3 Å². The molecule has 0 heterocycles. The highest BCUT2D eigenvalue weighted by atomic mass is 16.2. The second-order valence-electron chi connectivity index (χ2n) is 5.35. The summed E-state index contributed by atoms with van der Waals surface area (Å²) in [4.78, 5) is 13.8. The van der Waals surface area contributed by atoms with E-state index < -0.39 is 0 Å². The van der Waals surface area contributed by atoms with Crippen molar-refractivity contribution >= 4 is 5.91 Å². The summed E-state index contributed by atoms with van der Waals surface area (Å²) in [5.74, 6) is 0.883. The summed E-state index contributed by atoms with van der Waals surface area (Å²) < 4.78 is 0. The van der Waals surface area contributed by atoms with Crippen LogP contribution in [-0.4, -0.2) is 30.9 Å². The Hall–Kier alpha value is -1.35. The molecule has 0 atom stereocenters. The van der Waals surface area contributed by atoms with E-state index in [4.69, 9.17) is 0 Å². The van der Waals surface area contributed by atoms with Gasteiger partial charge in [0.2, 0.25) is 5.91 Å². The van der Waals surface area contributed by atoms with E-state index in [1.54, 1.807) is 0 Å². The van der Waals surface area contributed by atoms with Gasteiger partial charge < -0.3 is 5.32 Å². The fourth-order valence-electron chi connectivity index (χ4n) is 2.02. The van der Waals surface area contributed by atoms with Crippen LogP contribution in [0.25, 0.3) is 0 Å². The third kappa shape index (κ3) is 4.15. The van der Waals surface area contributed by atoms with Crippen molar-refractivity contribution in [3.05, 3.63) is 35.4 Å². The van der Waals surface area contributed by atoms with Gasteiger partial charge in [-0.3, -0.25) is 9.69 Å². The average molecular weight is 246 g/mol. The predicted octanol–water partition coefficient (Wildman–Crippen LogP) is 1.95. The van der Waals surface area contributed by atoms with E-state index in [2.05, 4.69) is 29.3 Å². The van der Waals surface area contributed by atoms with Gasteiger partial charge in [-0.05, 0) is 43.9 Å². The monoisotopic (exact) mass is 246 g/mol. The van der Waals surface area contributed by atoms with Crippen molar-refractivity contribution in [1.29, 1.82) is 0 Å². The van der Waals surface area contributed by atoms with E-state index >= 15 is 0 Å². The highest BCUT2D eigenvalue weighted by Crippen LogP contribution is 2.27. The molecule has 0 aromatic heterocycles. The number of carbonyl (C=O) groups is 1. The summed E-state index contributed by atoms with van der Waals surface area (Å²) in [5.41, 5.74) is 2.57. The van der Waals surface area contributed by atoms with Crippen LogP contribution >= 0.6 is 0 Å². The molecule has 0 unspecified atom stereocenters. The molecule has 0 spiro atoms. The second-order valence-corrected chi connectivity index (χ2v) is 5.35. The van der Waals surface area contributed by atoms with Crippen molar-refractivity contribution in [2.45, 2.75) is 26.3 Å². The van der Waals surface area contributed by atoms with Crippen LogP contribution in [0, 0.1) is 12.8 Å². The molecule has 0 radical (unpaired) electrons. The van der Waals surface area contributed by atoms with Crippen LogP contribution in [-0.2, 0) is 11.3 Å². The Labute approximate surface area is 109 Å². The Kier molecular flexibility index (Phi) is 4.37. The fraction of sp³-hybridized carbons (Fsp3) is 0.533. The molecule has 3 nitrogen and oxygen atoms in total. The summed E-state index contributed by atoms with van der Waals surface area (Å²) in [6, 6.07) is 8.31. The van der Waals surface area contributed by atoms with Crippen molar-refractivity contribution in [1.82, 2.24) is 10.2 Å². The first-order valence-corrected chi connectivity index (χ1v) is 6.65. The topological polar surface area (TPSA) is 32.3 Å². The summed E-state index contributed by atoms with van der Waals surface area (Å²) in [7, 11) is 1.99. The minimum Gasteiger partial charge on any atom is -0.355 e. The Balaban J connectivity index is 1.75. The highest BCUT2D eigenvalue weighted by Gasteiger charge is 2.21. The molecule has 1 fully saturated rings. The Bertz CT molecular complexity index is 413. The largest absolute Gasteiger partial charge is 0.355 e. The molecule has 0 aliphatic heterocycles. The maximum absolute atomic E-state index is 11.7. The number of likely N-dealkylation sites (N-methyl/N-ethyl adjacent to an activating group) is 1. The zero-order valence-electron chi connectivity index (χ0n) is 11.3. The van der Waals surface area contributed by atoms with Crippen LogP contribution in [0.2, 0.25) is 0 Å². The smallest absolute Gasteiger partial charge is 0.234 e. The number of benzene rings is 1. The van der Waals surface area contributed by atoms with E-state index in [9.17, 15) is 4.79 Å². The average Bonchev–Trinajstić information content (AvgIpc) is 3.13. The van der Waals surface area contributed by atoms with Crippen LogP contribution in [0.1, 0.15) is 24.0 Å². The standard InChI is InChI=1S/C15H22N2O/c1-12-5-3-4-6-14(12)10-17(2)11-15(18)16-9-13-7-8-13/h3-6,13H,7-11H2,1-2H3,(H,16,18). The first-order chi connectivity index (χ1) is 8.65. The van der Waals surface area contributed by atoms with Crippen molar-refractivity contribution in [2.75, 3.05) is 20.1 Å². The van der Waals surface area contributed by atoms with Gasteiger partial charge in [-0.25, -0.2) is 0 Å². The third-order valence-electron chi connectivity index (χ3n) is 3.40. The molecule has 1 amide bonds. The molecule has 1 aliphatic rings. The van der Waals surface area contributed by atoms with E-state index in [0.717, 1.165) is 19.0 Å². The Morgan fingerprint density at radius 1 is 1.39 bits per heavy atom. The van der Waals surface area contributed by atoms with E-state index in [1.165, 1.54) is 24.0 Å². The minimum atomic E-state index is 0.137. The van der Waals surface area contributed by atoms with Gasteiger partial charge >= 0.3 is 0 Å². The number of hydrogen-bond donors (Lipinski definition) is 1. The number of carbonyl (C=O) groups excluding carboxylic acids is 1. The second kappa shape index (κ2) is 6.01. The zero-order chi connectivity index (χ0) is 13.0. The molecular weight excluding hydrogens is 224 g/mol. The van der Waals surface area contributed by atoms with E-state index in [1.807, 2.05) is 19.2 Å². The minimum absolute atomic E-state index is 0.137. The lowest BCUT2D eigenvalue weighted by Gasteiger charge is -2.17. The Morgan fingerprint density at radius 2 is 2.11 bits per heavy atom. The van der Waals surface area contributed by atoms with Gasteiger partial charge in [0.15, 0.2) is 0 Å². The zero-order valence-corrected chi connectivity index (χ0v) is 11.3. The maximum Gasteiger partial charge on any atom is 0.234 e. The van der Waals surface area contributed by atoms with Crippen LogP contribution in [0.4, 0.5) is 0 Å². The molecule has 98 valence electrons. The molecule has 0 saturated heterocycles. The molecular formula is C15H22N2O. The van der Waals surface area contributed by atoms with Gasteiger partial charge in [-0.2, -0.15) is 0 Å². The van der Waals surface area contributed by atoms with Crippen molar-refractivity contribution in [2.24, 2.45) is 5.92 Å². The number of hydrogen-bond acceptors (Lipinski definition) is 2. The molecule has 1 saturated carbocycles. The quantitative estimate of drug-likeness (QED) is 0.832. The summed E-state index contributed by atoms with van der Waals surface area (Å²) in [6.07, 6.45) is 2.55. The summed E-state index contributed by atoms with van der Waals surface area (Å²) >= 11 is 0. The van der Waals surface area contributed by atoms with Crippen LogP contribution in [0.15, 0.2) is 24.3 Å². The molecule has 1 aromatic rings. The molecule has 18 heavy (non-hydrogen) atoms. The number of rotatable bonds is 6. The van der Waals surface area contributed by atoms with Gasteiger partial charge in [0.25, 0.3) is 0 Å². The normalized spacial score (nSPS) is 14.8. The molecule has 1 aromatic carbocycles. The molecule has 1 N–H and O–H groups in total. The fourth-order valence-corrected chi connectivity index (χ4v) is 2.02. The first kappa shape index (κ1) is 13.1. The lowest BCUT2D eigenvalue weighted by Crippen LogP contribution is -2.35. The molecule has 1 aliphatic carbocycles. The van der Waals surface area contributed by atoms with Gasteiger partial charge in [0.1, 0.15) is 0 Å². The molecule has 2 rings (SSSR count). The maximum atomic E-state index is 11.7. The lowest BCUT2D eigenvalue weighted by atomic mass is 10.1. The van der Waals surface area contributed by atoms with Gasteiger partial charge in [0.05, 0.1) is 6.54 Å². The van der Waals surface area contributed by atoms with Crippen molar-refractivity contribution in [3.63, 3.8) is 0 Å². The number of nitrogens with one attached hydrogen (secondary N) is 1. The number of amides is 1. The van der Waals surface area contributed by atoms with Gasteiger partial charge in [-0.15, -0.1) is 0 Å². The van der Waals surface area contributed by atoms with Crippen LogP contribution in [0.5, 0.6) is 0 Å². The SMILES string of the molecule is Cc1ccccc1CN(C)CC(=O)NCC1CC1. The van der Waals surface area contributed by atoms with Crippen LogP contribution in [0.3, 0.4) is 0 Å². The van der Waals surface area contributed by atoms with Gasteiger partial charge in [0, 0.05) is 13.1 Å². The molecule has 3 heteroatoms. The lowest BCUT2D eigenvalue weighted by molar-refractivity contribution is -0.122. The summed E-state index contributed by atoms with van der Waals surface area (Å²) in [6.45, 7) is 4.26. The highest BCUT2D eigenvalue weighted by molar-refractivity contribution is 5.78. The van der Waals surface area contributed by atoms with Crippen LogP contribution < -0.4 is 5.32 Å². The third-order valence-corrected chi connectivity index (χ3v) is 3.40. The summed E-state index contributed by atoms with van der Waals surface area (Å²) in [5, 5.41) is 3.00. The van der Waals surface area contributed by atoms with Crippen molar-refractivity contribution in [3.8, 4) is 0 Å².